The molecule has 2 aliphatic rings. The van der Waals surface area contributed by atoms with Crippen LogP contribution >= 0.6 is 0 Å². The quantitative estimate of drug-likeness (QED) is 0.174. The van der Waals surface area contributed by atoms with Gasteiger partial charge in [0.25, 0.3) is 0 Å². The Morgan fingerprint density at radius 3 is 1.85 bits per heavy atom. The van der Waals surface area contributed by atoms with Gasteiger partial charge >= 0.3 is 0 Å². The van der Waals surface area contributed by atoms with Gasteiger partial charge in [0.05, 0.1) is 5.92 Å². The van der Waals surface area contributed by atoms with E-state index in [1.807, 2.05) is 0 Å². The molecular weight excluding hydrogens is 647 g/mol. The highest BCUT2D eigenvalue weighted by Crippen LogP contribution is 2.51. The maximum absolute atomic E-state index is 6.85. The van der Waals surface area contributed by atoms with Gasteiger partial charge in [-0.25, -0.2) is 15.0 Å². The van der Waals surface area contributed by atoms with E-state index in [1.165, 1.54) is 26.9 Å². The molecule has 4 heteroatoms. The van der Waals surface area contributed by atoms with E-state index in [4.69, 9.17) is 19.7 Å². The second kappa shape index (κ2) is 11.8. The molecule has 2 heterocycles. The van der Waals surface area contributed by atoms with Gasteiger partial charge in [0.2, 0.25) is 0 Å². The molecule has 1 aliphatic heterocycles. The van der Waals surface area contributed by atoms with E-state index < -0.39 is 0 Å². The van der Waals surface area contributed by atoms with Gasteiger partial charge in [-0.1, -0.05) is 152 Å². The Morgan fingerprint density at radius 2 is 1.06 bits per heavy atom. The molecule has 0 spiro atoms. The number of aromatic nitrogens is 3. The summed E-state index contributed by atoms with van der Waals surface area (Å²) in [5.41, 5.74) is 6.31. The maximum Gasteiger partial charge on any atom is 0.164 e. The van der Waals surface area contributed by atoms with E-state index in [1.54, 1.807) is 0 Å². The summed E-state index contributed by atoms with van der Waals surface area (Å²) in [5, 5.41) is 9.39. The Hall–Kier alpha value is -6.91. The first kappa shape index (κ1) is 29.8. The molecular formula is C49H31N3O. The lowest BCUT2D eigenvalue weighted by Gasteiger charge is -2.22. The van der Waals surface area contributed by atoms with Crippen molar-refractivity contribution in [2.45, 2.75) is 12.0 Å². The van der Waals surface area contributed by atoms with E-state index in [0.717, 1.165) is 55.3 Å². The third-order valence-electron chi connectivity index (χ3n) is 10.8. The molecule has 0 amide bonds. The highest BCUT2D eigenvalue weighted by molar-refractivity contribution is 6.13. The molecule has 0 bridgehead atoms. The zero-order valence-corrected chi connectivity index (χ0v) is 28.6. The average Bonchev–Trinajstić information content (AvgIpc) is 3.62. The zero-order chi connectivity index (χ0) is 34.9. The summed E-state index contributed by atoms with van der Waals surface area (Å²) in [5.74, 6) is 2.78. The largest absolute Gasteiger partial charge is 0.484 e. The Balaban J connectivity index is 1.11. The lowest BCUT2D eigenvalue weighted by Crippen LogP contribution is -2.20. The summed E-state index contributed by atoms with van der Waals surface area (Å²) in [6.45, 7) is 0. The SMILES string of the molecule is C1=CC2Oc3c(-c4ccc5ccccc5c4)cccc3C2C(c2nc(-c3ccc4ccccc4c3)nc(-c3cc4ccccc4c4ccccc34)n2)=C1. The van der Waals surface area contributed by atoms with Crippen molar-refractivity contribution in [1.82, 2.24) is 15.0 Å². The summed E-state index contributed by atoms with van der Waals surface area (Å²) in [6, 6.07) is 55.8. The van der Waals surface area contributed by atoms with Crippen molar-refractivity contribution in [2.75, 3.05) is 0 Å². The molecule has 1 aromatic heterocycles. The molecule has 0 radical (unpaired) electrons. The lowest BCUT2D eigenvalue weighted by atomic mass is 9.83. The van der Waals surface area contributed by atoms with Crippen molar-refractivity contribution >= 4 is 48.7 Å². The minimum atomic E-state index is -0.183. The fraction of sp³-hybridized carbons (Fsp3) is 0.0408. The van der Waals surface area contributed by atoms with Crippen LogP contribution in [0.5, 0.6) is 5.75 Å². The van der Waals surface area contributed by atoms with E-state index in [0.29, 0.717) is 17.5 Å². The first-order valence-electron chi connectivity index (χ1n) is 18.1. The van der Waals surface area contributed by atoms with Crippen LogP contribution in [0.2, 0.25) is 0 Å². The second-order valence-corrected chi connectivity index (χ2v) is 13.9. The van der Waals surface area contributed by atoms with Gasteiger partial charge in [0.1, 0.15) is 11.9 Å². The molecule has 2 unspecified atom stereocenters. The van der Waals surface area contributed by atoms with Crippen LogP contribution in [0.4, 0.5) is 0 Å². The van der Waals surface area contributed by atoms with E-state index in [2.05, 4.69) is 176 Å². The predicted octanol–water partition coefficient (Wildman–Crippen LogP) is 12.0. The van der Waals surface area contributed by atoms with Crippen molar-refractivity contribution in [1.29, 1.82) is 0 Å². The third-order valence-corrected chi connectivity index (χ3v) is 10.8. The molecule has 1 aliphatic carbocycles. The van der Waals surface area contributed by atoms with Crippen molar-refractivity contribution in [2.24, 2.45) is 0 Å². The Morgan fingerprint density at radius 1 is 0.434 bits per heavy atom. The minimum Gasteiger partial charge on any atom is -0.484 e. The van der Waals surface area contributed by atoms with E-state index >= 15 is 0 Å². The number of para-hydroxylation sites is 1. The molecule has 4 nitrogen and oxygen atoms in total. The molecule has 9 aromatic rings. The standard InChI is InChI=1S/C49H31N3O/c1-3-13-32-27-35(25-23-30(32)11-1)38-19-9-20-41-45-42(21-10-22-44(45)53-46(38)41)48-50-47(36-26-24-31-12-2-4-14-33(31)28-36)51-49(52-48)43-29-34-15-5-6-16-37(34)39-17-7-8-18-40(39)43/h1-29,44-45H. The lowest BCUT2D eigenvalue weighted by molar-refractivity contribution is 0.272. The number of hydrogen-bond acceptors (Lipinski definition) is 4. The number of allylic oxidation sites excluding steroid dienone is 2. The highest BCUT2D eigenvalue weighted by Gasteiger charge is 2.40. The third kappa shape index (κ3) is 4.87. The number of fused-ring (bicyclic) bond motifs is 8. The van der Waals surface area contributed by atoms with Gasteiger partial charge in [0, 0.05) is 27.8 Å². The summed E-state index contributed by atoms with van der Waals surface area (Å²) in [6.07, 6.45) is 6.21. The molecule has 2 atom stereocenters. The summed E-state index contributed by atoms with van der Waals surface area (Å²) in [7, 11) is 0. The normalized spacial score (nSPS) is 16.1. The van der Waals surface area contributed by atoms with Crippen LogP contribution in [-0.4, -0.2) is 21.1 Å². The van der Waals surface area contributed by atoms with E-state index in [-0.39, 0.29) is 12.0 Å². The van der Waals surface area contributed by atoms with Gasteiger partial charge in [-0.2, -0.15) is 0 Å². The zero-order valence-electron chi connectivity index (χ0n) is 28.6. The Bertz CT molecular complexity index is 3010. The van der Waals surface area contributed by atoms with Crippen molar-refractivity contribution in [3.8, 4) is 39.7 Å². The summed E-state index contributed by atoms with van der Waals surface area (Å²) < 4.78 is 6.85. The molecule has 8 aromatic carbocycles. The molecule has 0 N–H and O–H groups in total. The van der Waals surface area contributed by atoms with Crippen LogP contribution in [0.15, 0.2) is 176 Å². The maximum atomic E-state index is 6.85. The highest BCUT2D eigenvalue weighted by atomic mass is 16.5. The van der Waals surface area contributed by atoms with Crippen molar-refractivity contribution < 1.29 is 4.74 Å². The first-order chi connectivity index (χ1) is 26.2. The number of nitrogens with zero attached hydrogens (tertiary/aromatic N) is 3. The fourth-order valence-electron chi connectivity index (χ4n) is 8.30. The fourth-order valence-corrected chi connectivity index (χ4v) is 8.30. The number of hydrogen-bond donors (Lipinski definition) is 0. The molecule has 0 saturated carbocycles. The first-order valence-corrected chi connectivity index (χ1v) is 18.1. The predicted molar refractivity (Wildman–Crippen MR) is 217 cm³/mol. The molecule has 53 heavy (non-hydrogen) atoms. The van der Waals surface area contributed by atoms with Gasteiger partial charge in [-0.3, -0.25) is 0 Å². The van der Waals surface area contributed by atoms with Gasteiger partial charge in [-0.05, 0) is 72.9 Å². The summed E-state index contributed by atoms with van der Waals surface area (Å²) >= 11 is 0. The molecule has 0 fully saturated rings. The number of ether oxygens (including phenoxy) is 1. The number of benzene rings is 8. The topological polar surface area (TPSA) is 47.9 Å². The van der Waals surface area contributed by atoms with Gasteiger partial charge in [0.15, 0.2) is 17.5 Å². The van der Waals surface area contributed by atoms with Crippen LogP contribution in [0, 0.1) is 0 Å². The second-order valence-electron chi connectivity index (χ2n) is 13.9. The van der Waals surface area contributed by atoms with Crippen LogP contribution in [0.25, 0.3) is 82.6 Å². The minimum absolute atomic E-state index is 0.0801. The van der Waals surface area contributed by atoms with Crippen LogP contribution in [-0.2, 0) is 0 Å². The average molecular weight is 678 g/mol. The summed E-state index contributed by atoms with van der Waals surface area (Å²) in [4.78, 5) is 15.9. The molecule has 11 rings (SSSR count). The van der Waals surface area contributed by atoms with Crippen LogP contribution in [0.3, 0.4) is 0 Å². The molecule has 0 saturated heterocycles. The monoisotopic (exact) mass is 677 g/mol. The number of rotatable bonds is 4. The van der Waals surface area contributed by atoms with Gasteiger partial charge < -0.3 is 4.74 Å². The van der Waals surface area contributed by atoms with E-state index in [9.17, 15) is 0 Å². The van der Waals surface area contributed by atoms with Crippen molar-refractivity contribution in [3.63, 3.8) is 0 Å². The Labute approximate surface area is 306 Å². The van der Waals surface area contributed by atoms with Gasteiger partial charge in [-0.15, -0.1) is 0 Å². The smallest absolute Gasteiger partial charge is 0.164 e. The van der Waals surface area contributed by atoms with Crippen molar-refractivity contribution in [3.05, 3.63) is 187 Å². The van der Waals surface area contributed by atoms with Crippen LogP contribution < -0.4 is 4.74 Å². The Kier molecular flexibility index (Phi) is 6.65. The molecule has 248 valence electrons. The van der Waals surface area contributed by atoms with Crippen LogP contribution in [0.1, 0.15) is 17.3 Å².